The van der Waals surface area contributed by atoms with Crippen LogP contribution in [0.5, 0.6) is 11.5 Å². The summed E-state index contributed by atoms with van der Waals surface area (Å²) in [6.07, 6.45) is 0.611. The van der Waals surface area contributed by atoms with Crippen LogP contribution in [0.25, 0.3) is 22.3 Å². The van der Waals surface area contributed by atoms with E-state index in [0.29, 0.717) is 24.2 Å². The number of benzene rings is 2. The van der Waals surface area contributed by atoms with E-state index in [2.05, 4.69) is 15.9 Å². The highest BCUT2D eigenvalue weighted by atomic mass is 79.9. The molecule has 0 aliphatic heterocycles. The van der Waals surface area contributed by atoms with Crippen LogP contribution in [0.4, 0.5) is 0 Å². The van der Waals surface area contributed by atoms with E-state index in [1.807, 2.05) is 0 Å². The van der Waals surface area contributed by atoms with Gasteiger partial charge in [0.1, 0.15) is 28.7 Å². The maximum atomic E-state index is 12.5. The molecule has 1 aromatic heterocycles. The van der Waals surface area contributed by atoms with Crippen LogP contribution in [0.1, 0.15) is 12.8 Å². The van der Waals surface area contributed by atoms with Crippen molar-refractivity contribution >= 4 is 44.5 Å². The number of carbonyl (C=O) groups is 1. The second-order valence-electron chi connectivity index (χ2n) is 6.63. The fourth-order valence-electron chi connectivity index (χ4n) is 3.19. The van der Waals surface area contributed by atoms with Crippen LogP contribution in [0.3, 0.4) is 0 Å². The minimum Gasteiger partial charge on any atom is -0.507 e. The lowest BCUT2D eigenvalue weighted by Gasteiger charge is -2.33. The summed E-state index contributed by atoms with van der Waals surface area (Å²) in [6, 6.07) is 9.30. The Labute approximate surface area is 172 Å². The number of phenolic OH excluding ortho intramolecular Hbond substituents is 1. The van der Waals surface area contributed by atoms with Crippen LogP contribution in [-0.2, 0) is 4.79 Å². The van der Waals surface area contributed by atoms with Crippen molar-refractivity contribution in [1.29, 1.82) is 0 Å². The fourth-order valence-corrected chi connectivity index (χ4v) is 3.72. The van der Waals surface area contributed by atoms with Crippen molar-refractivity contribution in [3.05, 3.63) is 56.1 Å². The lowest BCUT2D eigenvalue weighted by molar-refractivity contribution is -0.147. The number of phenols is 1. The highest BCUT2D eigenvalue weighted by molar-refractivity contribution is 9.10. The highest BCUT2D eigenvalue weighted by Gasteiger charge is 2.36. The second kappa shape index (κ2) is 7.14. The average Bonchev–Trinajstić information content (AvgIpc) is 2.60. The summed E-state index contributed by atoms with van der Waals surface area (Å²) in [5.41, 5.74) is 0.188. The summed E-state index contributed by atoms with van der Waals surface area (Å²) in [5.74, 6) is -0.741. The molecule has 8 heteroatoms. The van der Waals surface area contributed by atoms with Gasteiger partial charge in [0.25, 0.3) is 0 Å². The number of aliphatic carboxylic acids is 1. The third-order valence-electron chi connectivity index (χ3n) is 4.76. The summed E-state index contributed by atoms with van der Waals surface area (Å²) >= 11 is 9.54. The molecular weight excluding hydrogens is 452 g/mol. The predicted octanol–water partition coefficient (Wildman–Crippen LogP) is 4.82. The van der Waals surface area contributed by atoms with E-state index >= 15 is 0 Å². The Hall–Kier alpha value is -2.51. The van der Waals surface area contributed by atoms with Crippen LogP contribution in [0.2, 0.25) is 5.02 Å². The smallest absolute Gasteiger partial charge is 0.306 e. The van der Waals surface area contributed by atoms with E-state index in [4.69, 9.17) is 25.9 Å². The summed E-state index contributed by atoms with van der Waals surface area (Å²) < 4.78 is 12.6. The van der Waals surface area contributed by atoms with E-state index < -0.39 is 17.3 Å². The van der Waals surface area contributed by atoms with Crippen LogP contribution >= 0.6 is 27.5 Å². The van der Waals surface area contributed by atoms with E-state index in [1.165, 1.54) is 18.2 Å². The lowest BCUT2D eigenvalue weighted by atomic mass is 9.82. The molecule has 1 fully saturated rings. The number of carboxylic acid groups (broad SMARTS) is 1. The van der Waals surface area contributed by atoms with Gasteiger partial charge in [-0.25, -0.2) is 0 Å². The number of halogens is 2. The van der Waals surface area contributed by atoms with Crippen LogP contribution in [0, 0.1) is 5.92 Å². The highest BCUT2D eigenvalue weighted by Crippen LogP contribution is 2.39. The standard InChI is InChI=1S/C20H14BrClO6/c21-10-1-2-12(16(7-10)27-11-5-9(6-11)20(25)26)17-8-15(24)18-14(23)4-3-13(22)19(18)28-17/h1-4,7-9,11,23H,5-6H2,(H,25,26). The Balaban J connectivity index is 1.77. The number of carboxylic acids is 1. The molecule has 1 aliphatic rings. The molecule has 4 rings (SSSR count). The van der Waals surface area contributed by atoms with Gasteiger partial charge in [-0.15, -0.1) is 0 Å². The molecule has 0 unspecified atom stereocenters. The summed E-state index contributed by atoms with van der Waals surface area (Å²) in [7, 11) is 0. The third-order valence-corrected chi connectivity index (χ3v) is 5.55. The zero-order chi connectivity index (χ0) is 20.0. The number of fused-ring (bicyclic) bond motifs is 1. The third kappa shape index (κ3) is 3.36. The van der Waals surface area contributed by atoms with Crippen LogP contribution in [-0.4, -0.2) is 22.3 Å². The first kappa shape index (κ1) is 18.8. The second-order valence-corrected chi connectivity index (χ2v) is 7.96. The van der Waals surface area contributed by atoms with Gasteiger partial charge in [-0.05, 0) is 43.2 Å². The number of aromatic hydroxyl groups is 1. The molecule has 1 saturated carbocycles. The van der Waals surface area contributed by atoms with Crippen molar-refractivity contribution in [3.8, 4) is 22.8 Å². The summed E-state index contributed by atoms with van der Waals surface area (Å²) in [5, 5.41) is 19.2. The van der Waals surface area contributed by atoms with E-state index in [1.54, 1.807) is 18.2 Å². The van der Waals surface area contributed by atoms with Crippen molar-refractivity contribution in [2.75, 3.05) is 0 Å². The van der Waals surface area contributed by atoms with E-state index in [-0.39, 0.29) is 33.6 Å². The minimum absolute atomic E-state index is 0.0131. The van der Waals surface area contributed by atoms with Gasteiger partial charge in [0.05, 0.1) is 16.5 Å². The van der Waals surface area contributed by atoms with Crippen LogP contribution < -0.4 is 10.2 Å². The SMILES string of the molecule is O=C(O)C1CC(Oc2cc(Br)ccc2-c2cc(=O)c3c(O)ccc(Cl)c3o2)C1. The lowest BCUT2D eigenvalue weighted by Crippen LogP contribution is -2.38. The van der Waals surface area contributed by atoms with Gasteiger partial charge in [-0.3, -0.25) is 9.59 Å². The number of hydrogen-bond donors (Lipinski definition) is 2. The van der Waals surface area contributed by atoms with E-state index in [9.17, 15) is 14.7 Å². The molecule has 0 amide bonds. The molecule has 2 aromatic carbocycles. The van der Waals surface area contributed by atoms with Crippen LogP contribution in [0.15, 0.2) is 50.1 Å². The topological polar surface area (TPSA) is 97.0 Å². The first-order valence-corrected chi connectivity index (χ1v) is 9.65. The maximum Gasteiger partial charge on any atom is 0.306 e. The van der Waals surface area contributed by atoms with Gasteiger partial charge in [-0.2, -0.15) is 0 Å². The molecule has 1 heterocycles. The van der Waals surface area contributed by atoms with Gasteiger partial charge >= 0.3 is 5.97 Å². The van der Waals surface area contributed by atoms with Crippen molar-refractivity contribution in [3.63, 3.8) is 0 Å². The molecule has 144 valence electrons. The zero-order valence-electron chi connectivity index (χ0n) is 14.3. The molecule has 0 radical (unpaired) electrons. The van der Waals surface area contributed by atoms with Gasteiger partial charge in [-0.1, -0.05) is 27.5 Å². The quantitative estimate of drug-likeness (QED) is 0.573. The van der Waals surface area contributed by atoms with E-state index in [0.717, 1.165) is 4.47 Å². The Kier molecular flexibility index (Phi) is 4.81. The first-order valence-electron chi connectivity index (χ1n) is 8.48. The average molecular weight is 466 g/mol. The number of rotatable bonds is 4. The molecule has 2 N–H and O–H groups in total. The Morgan fingerprint density at radius 3 is 2.68 bits per heavy atom. The molecule has 0 saturated heterocycles. The van der Waals surface area contributed by atoms with Gasteiger partial charge in [0, 0.05) is 10.5 Å². The Morgan fingerprint density at radius 1 is 1.21 bits per heavy atom. The number of ether oxygens (including phenoxy) is 1. The van der Waals surface area contributed by atoms with Crippen molar-refractivity contribution in [2.45, 2.75) is 18.9 Å². The molecule has 0 atom stereocenters. The molecule has 0 bridgehead atoms. The summed E-state index contributed by atoms with van der Waals surface area (Å²) in [6.45, 7) is 0. The fraction of sp³-hybridized carbons (Fsp3) is 0.200. The molecular formula is C20H14BrClO6. The molecule has 28 heavy (non-hydrogen) atoms. The predicted molar refractivity (Wildman–Crippen MR) is 107 cm³/mol. The largest absolute Gasteiger partial charge is 0.507 e. The van der Waals surface area contributed by atoms with Gasteiger partial charge in [0.2, 0.25) is 0 Å². The maximum absolute atomic E-state index is 12.5. The monoisotopic (exact) mass is 464 g/mol. The first-order chi connectivity index (χ1) is 13.3. The Bertz CT molecular complexity index is 1150. The molecule has 1 aliphatic carbocycles. The summed E-state index contributed by atoms with van der Waals surface area (Å²) in [4.78, 5) is 23.5. The molecule has 3 aromatic rings. The molecule has 0 spiro atoms. The normalized spacial score (nSPS) is 18.6. The molecule has 6 nitrogen and oxygen atoms in total. The number of hydrogen-bond acceptors (Lipinski definition) is 5. The van der Waals surface area contributed by atoms with Crippen molar-refractivity contribution in [2.24, 2.45) is 5.92 Å². The van der Waals surface area contributed by atoms with Gasteiger partial charge in [0.15, 0.2) is 11.0 Å². The minimum atomic E-state index is -0.829. The van der Waals surface area contributed by atoms with Crippen molar-refractivity contribution in [1.82, 2.24) is 0 Å². The Morgan fingerprint density at radius 2 is 1.96 bits per heavy atom. The van der Waals surface area contributed by atoms with Gasteiger partial charge < -0.3 is 19.4 Å². The van der Waals surface area contributed by atoms with Crippen molar-refractivity contribution < 1.29 is 24.2 Å². The zero-order valence-corrected chi connectivity index (χ0v) is 16.7.